The Labute approximate surface area is 184 Å². The van der Waals surface area contributed by atoms with Crippen LogP contribution in [0, 0.1) is 0 Å². The minimum atomic E-state index is -0.561. The van der Waals surface area contributed by atoms with Crippen LogP contribution in [-0.2, 0) is 14.2 Å². The smallest absolute Gasteiger partial charge is 0.410 e. The highest BCUT2D eigenvalue weighted by atomic mass is 16.6. The third kappa shape index (κ3) is 7.31. The Bertz CT molecular complexity index is 738. The van der Waals surface area contributed by atoms with Gasteiger partial charge in [-0.2, -0.15) is 0 Å². The lowest BCUT2D eigenvalue weighted by atomic mass is 9.88. The molecule has 8 nitrogen and oxygen atoms in total. The molecule has 0 heterocycles. The number of nitrogens with zero attached hydrogens (tertiary/aromatic N) is 1. The standard InChI is InChI=1S/C23H35NO7/c1-7-28-12-11-24(22(26)31-23(3,4)5)17-14-18(15-17)30-19-10-9-16(21(25)27-6)13-20(19)29-8-2/h9-10,13,17-18H,7-8,11-12,14-15H2,1-6H3/t17-,18-. The van der Waals surface area contributed by atoms with Gasteiger partial charge in [0.1, 0.15) is 11.7 Å². The molecule has 1 aliphatic carbocycles. The number of methoxy groups -OCH3 is 1. The lowest BCUT2D eigenvalue weighted by molar-refractivity contribution is -0.0255. The Morgan fingerprint density at radius 1 is 1.10 bits per heavy atom. The number of rotatable bonds is 10. The monoisotopic (exact) mass is 437 g/mol. The van der Waals surface area contributed by atoms with Crippen LogP contribution in [-0.4, -0.2) is 68.2 Å². The van der Waals surface area contributed by atoms with E-state index in [1.54, 1.807) is 23.1 Å². The molecule has 1 fully saturated rings. The van der Waals surface area contributed by atoms with E-state index >= 15 is 0 Å². The van der Waals surface area contributed by atoms with Gasteiger partial charge in [-0.05, 0) is 52.8 Å². The minimum absolute atomic E-state index is 0.0187. The Morgan fingerprint density at radius 3 is 2.39 bits per heavy atom. The van der Waals surface area contributed by atoms with Crippen molar-refractivity contribution in [2.24, 2.45) is 0 Å². The molecule has 1 aromatic rings. The minimum Gasteiger partial charge on any atom is -0.490 e. The number of hydrogen-bond acceptors (Lipinski definition) is 7. The van der Waals surface area contributed by atoms with Crippen LogP contribution in [0.25, 0.3) is 0 Å². The van der Waals surface area contributed by atoms with Crippen LogP contribution >= 0.6 is 0 Å². The van der Waals surface area contributed by atoms with Gasteiger partial charge in [0, 0.05) is 32.0 Å². The summed E-state index contributed by atoms with van der Waals surface area (Å²) in [7, 11) is 1.34. The van der Waals surface area contributed by atoms with Crippen molar-refractivity contribution in [2.45, 2.75) is 65.2 Å². The van der Waals surface area contributed by atoms with Crippen LogP contribution in [0.3, 0.4) is 0 Å². The molecule has 1 amide bonds. The topological polar surface area (TPSA) is 83.5 Å². The summed E-state index contributed by atoms with van der Waals surface area (Å²) in [5.41, 5.74) is -0.161. The van der Waals surface area contributed by atoms with Crippen molar-refractivity contribution in [1.29, 1.82) is 0 Å². The first-order chi connectivity index (χ1) is 14.7. The Balaban J connectivity index is 2.02. The molecule has 0 aromatic heterocycles. The van der Waals surface area contributed by atoms with Gasteiger partial charge in [-0.25, -0.2) is 9.59 Å². The fourth-order valence-electron chi connectivity index (χ4n) is 3.24. The Hall–Kier alpha value is -2.48. The van der Waals surface area contributed by atoms with Crippen molar-refractivity contribution in [2.75, 3.05) is 33.5 Å². The van der Waals surface area contributed by atoms with E-state index < -0.39 is 11.6 Å². The highest BCUT2D eigenvalue weighted by Crippen LogP contribution is 2.35. The highest BCUT2D eigenvalue weighted by molar-refractivity contribution is 5.90. The van der Waals surface area contributed by atoms with E-state index in [0.717, 1.165) is 0 Å². The molecule has 0 aliphatic heterocycles. The van der Waals surface area contributed by atoms with Gasteiger partial charge in [0.15, 0.2) is 11.5 Å². The van der Waals surface area contributed by atoms with Crippen molar-refractivity contribution in [3.8, 4) is 11.5 Å². The highest BCUT2D eigenvalue weighted by Gasteiger charge is 2.39. The molecule has 0 N–H and O–H groups in total. The molecule has 2 rings (SSSR count). The lowest BCUT2D eigenvalue weighted by Gasteiger charge is -2.42. The quantitative estimate of drug-likeness (QED) is 0.403. The van der Waals surface area contributed by atoms with Crippen molar-refractivity contribution >= 4 is 12.1 Å². The largest absolute Gasteiger partial charge is 0.490 e. The first-order valence-corrected chi connectivity index (χ1v) is 10.8. The van der Waals surface area contributed by atoms with Gasteiger partial charge in [0.2, 0.25) is 0 Å². The van der Waals surface area contributed by atoms with Crippen LogP contribution < -0.4 is 9.47 Å². The predicted molar refractivity (Wildman–Crippen MR) is 116 cm³/mol. The summed E-state index contributed by atoms with van der Waals surface area (Å²) in [6, 6.07) is 5.00. The number of hydrogen-bond donors (Lipinski definition) is 0. The van der Waals surface area contributed by atoms with Gasteiger partial charge in [0.05, 0.1) is 25.9 Å². The van der Waals surface area contributed by atoms with Crippen molar-refractivity contribution < 1.29 is 33.3 Å². The zero-order valence-corrected chi connectivity index (χ0v) is 19.4. The van der Waals surface area contributed by atoms with Gasteiger partial charge in [-0.15, -0.1) is 0 Å². The SMILES string of the molecule is CCOCCN(C(=O)OC(C)(C)C)[C@H]1C[C@H](Oc2ccc(C(=O)OC)cc2OCC)C1. The average molecular weight is 438 g/mol. The summed E-state index contributed by atoms with van der Waals surface area (Å²) in [6.45, 7) is 11.3. The molecule has 0 radical (unpaired) electrons. The molecular formula is C23H35NO7. The summed E-state index contributed by atoms with van der Waals surface area (Å²) in [4.78, 5) is 26.2. The normalized spacial score (nSPS) is 18.0. The molecule has 1 aliphatic rings. The first kappa shape index (κ1) is 24.8. The molecular weight excluding hydrogens is 402 g/mol. The third-order valence-electron chi connectivity index (χ3n) is 4.78. The molecule has 0 spiro atoms. The van der Waals surface area contributed by atoms with E-state index in [1.807, 2.05) is 34.6 Å². The van der Waals surface area contributed by atoms with E-state index in [4.69, 9.17) is 23.7 Å². The van der Waals surface area contributed by atoms with Gasteiger partial charge in [-0.1, -0.05) is 0 Å². The van der Waals surface area contributed by atoms with Crippen LogP contribution in [0.5, 0.6) is 11.5 Å². The molecule has 31 heavy (non-hydrogen) atoms. The van der Waals surface area contributed by atoms with Crippen molar-refractivity contribution in [3.63, 3.8) is 0 Å². The molecule has 0 saturated heterocycles. The van der Waals surface area contributed by atoms with E-state index in [-0.39, 0.29) is 18.2 Å². The summed E-state index contributed by atoms with van der Waals surface area (Å²) in [5.74, 6) is 0.629. The summed E-state index contributed by atoms with van der Waals surface area (Å²) < 4.78 is 27.5. The Kier molecular flexibility index (Phi) is 8.98. The summed E-state index contributed by atoms with van der Waals surface area (Å²) >= 11 is 0. The second kappa shape index (κ2) is 11.2. The number of benzene rings is 1. The van der Waals surface area contributed by atoms with Crippen LogP contribution in [0.1, 0.15) is 57.8 Å². The van der Waals surface area contributed by atoms with E-state index in [1.165, 1.54) is 7.11 Å². The molecule has 0 unspecified atom stereocenters. The van der Waals surface area contributed by atoms with Crippen molar-refractivity contribution in [1.82, 2.24) is 4.90 Å². The number of carbonyl (C=O) groups is 2. The molecule has 8 heteroatoms. The van der Waals surface area contributed by atoms with Crippen molar-refractivity contribution in [3.05, 3.63) is 23.8 Å². The van der Waals surface area contributed by atoms with E-state index in [2.05, 4.69) is 0 Å². The van der Waals surface area contributed by atoms with Gasteiger partial charge in [-0.3, -0.25) is 0 Å². The zero-order valence-electron chi connectivity index (χ0n) is 19.4. The number of amides is 1. The third-order valence-corrected chi connectivity index (χ3v) is 4.78. The number of esters is 1. The van der Waals surface area contributed by atoms with Crippen LogP contribution in [0.15, 0.2) is 18.2 Å². The lowest BCUT2D eigenvalue weighted by Crippen LogP contribution is -2.53. The average Bonchev–Trinajstić information content (AvgIpc) is 2.67. The van der Waals surface area contributed by atoms with E-state index in [0.29, 0.717) is 56.3 Å². The summed E-state index contributed by atoms with van der Waals surface area (Å²) in [6.07, 6.45) is 0.948. The maximum absolute atomic E-state index is 12.7. The second-order valence-corrected chi connectivity index (χ2v) is 8.32. The molecule has 0 atom stereocenters. The second-order valence-electron chi connectivity index (χ2n) is 8.32. The molecule has 1 aromatic carbocycles. The molecule has 174 valence electrons. The fourth-order valence-corrected chi connectivity index (χ4v) is 3.24. The van der Waals surface area contributed by atoms with Gasteiger partial charge < -0.3 is 28.6 Å². The summed E-state index contributed by atoms with van der Waals surface area (Å²) in [5, 5.41) is 0. The van der Waals surface area contributed by atoms with Gasteiger partial charge in [0.25, 0.3) is 0 Å². The first-order valence-electron chi connectivity index (χ1n) is 10.8. The Morgan fingerprint density at radius 2 is 1.81 bits per heavy atom. The number of carbonyl (C=O) groups excluding carboxylic acids is 2. The van der Waals surface area contributed by atoms with Gasteiger partial charge >= 0.3 is 12.1 Å². The maximum atomic E-state index is 12.7. The van der Waals surface area contributed by atoms with Crippen LogP contribution in [0.4, 0.5) is 4.79 Å². The van der Waals surface area contributed by atoms with E-state index in [9.17, 15) is 9.59 Å². The molecule has 0 bridgehead atoms. The fraction of sp³-hybridized carbons (Fsp3) is 0.652. The molecule has 1 saturated carbocycles. The van der Waals surface area contributed by atoms with Crippen LogP contribution in [0.2, 0.25) is 0 Å². The maximum Gasteiger partial charge on any atom is 0.410 e. The zero-order chi connectivity index (χ0) is 23.0. The number of ether oxygens (including phenoxy) is 5. The predicted octanol–water partition coefficient (Wildman–Crippen LogP) is 4.06.